The zero-order chi connectivity index (χ0) is 15.2. The van der Waals surface area contributed by atoms with Crippen LogP contribution in [0.5, 0.6) is 0 Å². The predicted molar refractivity (Wildman–Crippen MR) is 82.4 cm³/mol. The van der Waals surface area contributed by atoms with Crippen molar-refractivity contribution < 1.29 is 9.59 Å². The third kappa shape index (κ3) is 4.39. The predicted octanol–water partition coefficient (Wildman–Crippen LogP) is 2.80. The standard InChI is InChI=1S/C15H15N3O2S/c1-10(19)12-4-6-13(7-5-12)18-14(20)11(2)21-15-16-8-3-9-17-15/h3-9,11H,1-2H3,(H,18,20). The second-order valence-electron chi connectivity index (χ2n) is 4.41. The van der Waals surface area contributed by atoms with Gasteiger partial charge in [-0.25, -0.2) is 9.97 Å². The minimum atomic E-state index is -0.320. The maximum atomic E-state index is 12.1. The van der Waals surface area contributed by atoms with Gasteiger partial charge in [-0.3, -0.25) is 9.59 Å². The van der Waals surface area contributed by atoms with Crippen molar-refractivity contribution in [3.63, 3.8) is 0 Å². The van der Waals surface area contributed by atoms with Gasteiger partial charge in [-0.05, 0) is 44.2 Å². The molecule has 1 N–H and O–H groups in total. The number of hydrogen-bond acceptors (Lipinski definition) is 5. The highest BCUT2D eigenvalue weighted by molar-refractivity contribution is 8.00. The number of ketones is 1. The van der Waals surface area contributed by atoms with Crippen LogP contribution in [0.3, 0.4) is 0 Å². The van der Waals surface area contributed by atoms with Crippen LogP contribution in [0.4, 0.5) is 5.69 Å². The summed E-state index contributed by atoms with van der Waals surface area (Å²) in [5.41, 5.74) is 1.28. The van der Waals surface area contributed by atoms with Crippen LogP contribution in [-0.4, -0.2) is 26.9 Å². The number of thioether (sulfide) groups is 1. The zero-order valence-corrected chi connectivity index (χ0v) is 12.6. The van der Waals surface area contributed by atoms with Crippen LogP contribution < -0.4 is 5.32 Å². The zero-order valence-electron chi connectivity index (χ0n) is 11.7. The smallest absolute Gasteiger partial charge is 0.237 e. The molecular weight excluding hydrogens is 286 g/mol. The first-order chi connectivity index (χ1) is 10.1. The molecular formula is C15H15N3O2S. The van der Waals surface area contributed by atoms with Crippen LogP contribution in [0.15, 0.2) is 47.9 Å². The van der Waals surface area contributed by atoms with E-state index in [9.17, 15) is 9.59 Å². The number of aromatic nitrogens is 2. The van der Waals surface area contributed by atoms with Crippen molar-refractivity contribution in [2.75, 3.05) is 5.32 Å². The molecule has 0 spiro atoms. The van der Waals surface area contributed by atoms with E-state index in [0.717, 1.165) is 0 Å². The molecule has 0 aliphatic rings. The second-order valence-corrected chi connectivity index (χ2v) is 5.72. The molecule has 0 radical (unpaired) electrons. The number of Topliss-reactive ketones (excluding diaryl/α,β-unsaturated/α-hetero) is 1. The average molecular weight is 301 g/mol. The quantitative estimate of drug-likeness (QED) is 0.522. The summed E-state index contributed by atoms with van der Waals surface area (Å²) in [6, 6.07) is 8.54. The molecule has 1 aromatic heterocycles. The first-order valence-corrected chi connectivity index (χ1v) is 7.30. The molecule has 1 unspecified atom stereocenters. The van der Waals surface area contributed by atoms with Crippen molar-refractivity contribution in [1.29, 1.82) is 0 Å². The first kappa shape index (κ1) is 15.2. The van der Waals surface area contributed by atoms with E-state index in [2.05, 4.69) is 15.3 Å². The topological polar surface area (TPSA) is 72.0 Å². The van der Waals surface area contributed by atoms with E-state index in [-0.39, 0.29) is 16.9 Å². The van der Waals surface area contributed by atoms with Crippen molar-refractivity contribution in [2.24, 2.45) is 0 Å². The molecule has 1 aromatic carbocycles. The molecule has 0 fully saturated rings. The number of hydrogen-bond donors (Lipinski definition) is 1. The number of benzene rings is 1. The van der Waals surface area contributed by atoms with E-state index in [1.807, 2.05) is 0 Å². The van der Waals surface area contributed by atoms with Gasteiger partial charge in [0.05, 0.1) is 5.25 Å². The van der Waals surface area contributed by atoms with Gasteiger partial charge in [0.1, 0.15) is 0 Å². The van der Waals surface area contributed by atoms with E-state index < -0.39 is 0 Å². The fourth-order valence-corrected chi connectivity index (χ4v) is 2.32. The summed E-state index contributed by atoms with van der Waals surface area (Å²) in [7, 11) is 0. The van der Waals surface area contributed by atoms with Gasteiger partial charge in [-0.2, -0.15) is 0 Å². The van der Waals surface area contributed by atoms with Gasteiger partial charge in [0, 0.05) is 23.6 Å². The van der Waals surface area contributed by atoms with Gasteiger partial charge in [-0.1, -0.05) is 11.8 Å². The van der Waals surface area contributed by atoms with Crippen molar-refractivity contribution in [2.45, 2.75) is 24.3 Å². The van der Waals surface area contributed by atoms with Crippen molar-refractivity contribution in [1.82, 2.24) is 9.97 Å². The molecule has 5 nitrogen and oxygen atoms in total. The average Bonchev–Trinajstić information content (AvgIpc) is 2.48. The number of nitrogens with one attached hydrogen (secondary N) is 1. The number of rotatable bonds is 5. The van der Waals surface area contributed by atoms with Crippen molar-refractivity contribution >= 4 is 29.1 Å². The van der Waals surface area contributed by atoms with Gasteiger partial charge >= 0.3 is 0 Å². The van der Waals surface area contributed by atoms with Crippen molar-refractivity contribution in [3.8, 4) is 0 Å². The van der Waals surface area contributed by atoms with Crippen LogP contribution in [0.1, 0.15) is 24.2 Å². The largest absolute Gasteiger partial charge is 0.325 e. The van der Waals surface area contributed by atoms with Crippen LogP contribution in [0.25, 0.3) is 0 Å². The third-order valence-electron chi connectivity index (χ3n) is 2.75. The monoisotopic (exact) mass is 301 g/mol. The number of carbonyl (C=O) groups is 2. The van der Waals surface area contributed by atoms with Gasteiger partial charge in [0.15, 0.2) is 10.9 Å². The molecule has 0 aliphatic carbocycles. The molecule has 0 bridgehead atoms. The van der Waals surface area contributed by atoms with Gasteiger partial charge < -0.3 is 5.32 Å². The molecule has 1 heterocycles. The van der Waals surface area contributed by atoms with E-state index in [1.54, 1.807) is 49.6 Å². The summed E-state index contributed by atoms with van der Waals surface area (Å²) >= 11 is 1.29. The molecule has 2 aromatic rings. The Bertz CT molecular complexity index is 629. The Morgan fingerprint density at radius 1 is 1.14 bits per heavy atom. The van der Waals surface area contributed by atoms with Crippen LogP contribution >= 0.6 is 11.8 Å². The molecule has 21 heavy (non-hydrogen) atoms. The summed E-state index contributed by atoms with van der Waals surface area (Å²) in [6.45, 7) is 3.30. The Morgan fingerprint density at radius 3 is 2.33 bits per heavy atom. The molecule has 6 heteroatoms. The minimum Gasteiger partial charge on any atom is -0.325 e. The molecule has 108 valence electrons. The number of nitrogens with zero attached hydrogens (tertiary/aromatic N) is 2. The Kier molecular flexibility index (Phi) is 5.05. The van der Waals surface area contributed by atoms with Crippen LogP contribution in [0.2, 0.25) is 0 Å². The number of amides is 1. The normalized spacial score (nSPS) is 11.7. The fourth-order valence-electron chi connectivity index (χ4n) is 1.59. The SMILES string of the molecule is CC(=O)c1ccc(NC(=O)C(C)Sc2ncccn2)cc1. The Hall–Kier alpha value is -2.21. The molecule has 1 atom stereocenters. The van der Waals surface area contributed by atoms with E-state index in [1.165, 1.54) is 18.7 Å². The van der Waals surface area contributed by atoms with Gasteiger partial charge in [0.25, 0.3) is 0 Å². The summed E-state index contributed by atoms with van der Waals surface area (Å²) in [5, 5.41) is 3.04. The number of carbonyl (C=O) groups excluding carboxylic acids is 2. The Labute approximate surface area is 127 Å². The van der Waals surface area contributed by atoms with Crippen molar-refractivity contribution in [3.05, 3.63) is 48.3 Å². The highest BCUT2D eigenvalue weighted by atomic mass is 32.2. The van der Waals surface area contributed by atoms with Gasteiger partial charge in [-0.15, -0.1) is 0 Å². The Balaban J connectivity index is 1.95. The summed E-state index contributed by atoms with van der Waals surface area (Å²) < 4.78 is 0. The minimum absolute atomic E-state index is 0.00183. The summed E-state index contributed by atoms with van der Waals surface area (Å²) in [4.78, 5) is 31.4. The van der Waals surface area contributed by atoms with E-state index in [4.69, 9.17) is 0 Å². The Morgan fingerprint density at radius 2 is 1.76 bits per heavy atom. The van der Waals surface area contributed by atoms with E-state index in [0.29, 0.717) is 16.4 Å². The van der Waals surface area contributed by atoms with Crippen LogP contribution in [-0.2, 0) is 4.79 Å². The first-order valence-electron chi connectivity index (χ1n) is 6.42. The van der Waals surface area contributed by atoms with Gasteiger partial charge in [0.2, 0.25) is 5.91 Å². The molecule has 2 rings (SSSR count). The highest BCUT2D eigenvalue weighted by Gasteiger charge is 2.15. The second kappa shape index (κ2) is 6.99. The lowest BCUT2D eigenvalue weighted by Gasteiger charge is -2.11. The molecule has 0 aliphatic heterocycles. The maximum Gasteiger partial charge on any atom is 0.237 e. The summed E-state index contributed by atoms with van der Waals surface area (Å²) in [6.07, 6.45) is 3.28. The fraction of sp³-hybridized carbons (Fsp3) is 0.200. The third-order valence-corrected chi connectivity index (χ3v) is 3.74. The lowest BCUT2D eigenvalue weighted by atomic mass is 10.1. The maximum absolute atomic E-state index is 12.1. The van der Waals surface area contributed by atoms with Crippen LogP contribution in [0, 0.1) is 0 Å². The molecule has 0 saturated carbocycles. The molecule has 0 saturated heterocycles. The molecule has 1 amide bonds. The van der Waals surface area contributed by atoms with E-state index >= 15 is 0 Å². The highest BCUT2D eigenvalue weighted by Crippen LogP contribution is 2.20. The number of anilines is 1. The lowest BCUT2D eigenvalue weighted by molar-refractivity contribution is -0.115. The lowest BCUT2D eigenvalue weighted by Crippen LogP contribution is -2.22. The summed E-state index contributed by atoms with van der Waals surface area (Å²) in [5.74, 6) is -0.138.